The van der Waals surface area contributed by atoms with Crippen molar-refractivity contribution in [1.82, 2.24) is 4.57 Å². The second-order valence-corrected chi connectivity index (χ2v) is 9.11. The monoisotopic (exact) mass is 425 g/mol. The Morgan fingerprint density at radius 2 is 1.57 bits per heavy atom. The van der Waals surface area contributed by atoms with Crippen molar-refractivity contribution in [3.8, 4) is 0 Å². The zero-order valence-corrected chi connectivity index (χ0v) is 17.9. The van der Waals surface area contributed by atoms with E-state index in [-0.39, 0.29) is 16.2 Å². The Labute approximate surface area is 176 Å². The number of sulfone groups is 1. The lowest BCUT2D eigenvalue weighted by molar-refractivity contribution is 0.0470. The maximum atomic E-state index is 12.7. The quantitative estimate of drug-likeness (QED) is 0.427. The van der Waals surface area contributed by atoms with Gasteiger partial charge in [0.1, 0.15) is 0 Å². The lowest BCUT2D eigenvalue weighted by Gasteiger charge is -2.10. The van der Waals surface area contributed by atoms with E-state index in [1.54, 1.807) is 12.1 Å². The van der Waals surface area contributed by atoms with Gasteiger partial charge in [-0.2, -0.15) is 0 Å². The number of nitrogens with zero attached hydrogens (tertiary/aromatic N) is 1. The molecule has 7 heteroatoms. The highest BCUT2D eigenvalue weighted by molar-refractivity contribution is 7.90. The Hall–Kier alpha value is -3.19. The lowest BCUT2D eigenvalue weighted by Crippen LogP contribution is -2.17. The Morgan fingerprint density at radius 3 is 2.23 bits per heavy atom. The van der Waals surface area contributed by atoms with Crippen molar-refractivity contribution >= 4 is 21.6 Å². The van der Waals surface area contributed by atoms with E-state index in [1.165, 1.54) is 18.2 Å². The SMILES string of the molecule is Cc1cc(C(=O)COC(=O)c2ccccc2S(C)(=O)=O)c(C)n1Cc1ccccc1. The summed E-state index contributed by atoms with van der Waals surface area (Å²) in [5.74, 6) is -1.19. The maximum absolute atomic E-state index is 12.7. The van der Waals surface area contributed by atoms with Crippen molar-refractivity contribution < 1.29 is 22.7 Å². The molecular weight excluding hydrogens is 402 g/mol. The third kappa shape index (κ3) is 4.68. The minimum absolute atomic E-state index is 0.0812. The van der Waals surface area contributed by atoms with Crippen molar-refractivity contribution in [3.63, 3.8) is 0 Å². The van der Waals surface area contributed by atoms with Gasteiger partial charge < -0.3 is 9.30 Å². The van der Waals surface area contributed by atoms with Crippen LogP contribution in [0.3, 0.4) is 0 Å². The summed E-state index contributed by atoms with van der Waals surface area (Å²) in [7, 11) is -3.60. The molecule has 0 fully saturated rings. The molecule has 30 heavy (non-hydrogen) atoms. The Balaban J connectivity index is 1.75. The molecule has 3 aromatic rings. The van der Waals surface area contributed by atoms with Crippen LogP contribution < -0.4 is 0 Å². The molecule has 0 amide bonds. The smallest absolute Gasteiger partial charge is 0.339 e. The second kappa shape index (κ2) is 8.67. The molecule has 0 aliphatic rings. The van der Waals surface area contributed by atoms with E-state index < -0.39 is 22.4 Å². The second-order valence-electron chi connectivity index (χ2n) is 7.12. The first-order valence-corrected chi connectivity index (χ1v) is 11.3. The fourth-order valence-electron chi connectivity index (χ4n) is 3.34. The van der Waals surface area contributed by atoms with Crippen LogP contribution in [0.1, 0.15) is 37.7 Å². The number of aryl methyl sites for hydroxylation is 1. The van der Waals surface area contributed by atoms with Gasteiger partial charge in [-0.1, -0.05) is 42.5 Å². The number of rotatable bonds is 7. The molecule has 156 valence electrons. The standard InChI is InChI=1S/C23H23NO5S/c1-16-13-20(17(2)24(16)14-18-9-5-4-6-10-18)21(25)15-29-23(26)19-11-7-8-12-22(19)30(3,27)28/h4-13H,14-15H2,1-3H3. The summed E-state index contributed by atoms with van der Waals surface area (Å²) in [5.41, 5.74) is 3.22. The van der Waals surface area contributed by atoms with Gasteiger partial charge in [-0.05, 0) is 37.6 Å². The van der Waals surface area contributed by atoms with Crippen molar-refractivity contribution in [1.29, 1.82) is 0 Å². The van der Waals surface area contributed by atoms with E-state index in [1.807, 2.05) is 48.7 Å². The fraction of sp³-hybridized carbons (Fsp3) is 0.217. The number of benzene rings is 2. The predicted molar refractivity (Wildman–Crippen MR) is 114 cm³/mol. The first-order valence-electron chi connectivity index (χ1n) is 9.38. The van der Waals surface area contributed by atoms with Gasteiger partial charge in [-0.25, -0.2) is 13.2 Å². The normalized spacial score (nSPS) is 11.3. The first kappa shape index (κ1) is 21.5. The van der Waals surface area contributed by atoms with Crippen LogP contribution in [-0.2, 0) is 21.1 Å². The van der Waals surface area contributed by atoms with Gasteiger partial charge in [0.2, 0.25) is 5.78 Å². The highest BCUT2D eigenvalue weighted by atomic mass is 32.2. The Kier molecular flexibility index (Phi) is 6.22. The van der Waals surface area contributed by atoms with E-state index in [4.69, 9.17) is 4.74 Å². The van der Waals surface area contributed by atoms with Gasteiger partial charge >= 0.3 is 5.97 Å². The van der Waals surface area contributed by atoms with E-state index >= 15 is 0 Å². The number of hydrogen-bond acceptors (Lipinski definition) is 5. The van der Waals surface area contributed by atoms with Crippen molar-refractivity contribution in [2.75, 3.05) is 12.9 Å². The summed E-state index contributed by atoms with van der Waals surface area (Å²) in [5, 5.41) is 0. The van der Waals surface area contributed by atoms with E-state index in [0.29, 0.717) is 12.1 Å². The summed E-state index contributed by atoms with van der Waals surface area (Å²) in [6.45, 7) is 3.94. The zero-order valence-electron chi connectivity index (χ0n) is 17.1. The average molecular weight is 426 g/mol. The topological polar surface area (TPSA) is 82.4 Å². The molecule has 0 spiro atoms. The third-order valence-corrected chi connectivity index (χ3v) is 6.05. The zero-order chi connectivity index (χ0) is 21.9. The number of carbonyl (C=O) groups excluding carboxylic acids is 2. The molecule has 0 aliphatic carbocycles. The molecule has 1 heterocycles. The molecule has 0 atom stereocenters. The molecule has 3 rings (SSSR count). The lowest BCUT2D eigenvalue weighted by atomic mass is 10.1. The molecule has 1 aromatic heterocycles. The molecule has 0 radical (unpaired) electrons. The maximum Gasteiger partial charge on any atom is 0.339 e. The minimum Gasteiger partial charge on any atom is -0.454 e. The highest BCUT2D eigenvalue weighted by Crippen LogP contribution is 2.19. The number of Topliss-reactive ketones (excluding diaryl/α,β-unsaturated/α-hetero) is 1. The summed E-state index contributed by atoms with van der Waals surface area (Å²) in [6, 6.07) is 17.5. The van der Waals surface area contributed by atoms with Crippen LogP contribution in [-0.4, -0.2) is 37.6 Å². The Bertz CT molecular complexity index is 1190. The van der Waals surface area contributed by atoms with E-state index in [0.717, 1.165) is 23.2 Å². The minimum atomic E-state index is -3.60. The molecule has 0 saturated heterocycles. The van der Waals surface area contributed by atoms with Gasteiger partial charge in [-0.15, -0.1) is 0 Å². The molecule has 6 nitrogen and oxygen atoms in total. The summed E-state index contributed by atoms with van der Waals surface area (Å²) in [4.78, 5) is 25.0. The highest BCUT2D eigenvalue weighted by Gasteiger charge is 2.22. The van der Waals surface area contributed by atoms with Gasteiger partial charge in [0.05, 0.1) is 10.5 Å². The molecule has 0 unspecified atom stereocenters. The van der Waals surface area contributed by atoms with Gasteiger partial charge in [-0.3, -0.25) is 4.79 Å². The first-order chi connectivity index (χ1) is 14.2. The average Bonchev–Trinajstić information content (AvgIpc) is 3.00. The molecule has 0 N–H and O–H groups in total. The number of hydrogen-bond donors (Lipinski definition) is 0. The van der Waals surface area contributed by atoms with Gasteiger partial charge in [0, 0.05) is 29.8 Å². The Morgan fingerprint density at radius 1 is 0.933 bits per heavy atom. The van der Waals surface area contributed by atoms with Crippen LogP contribution in [0, 0.1) is 13.8 Å². The molecule has 0 bridgehead atoms. The van der Waals surface area contributed by atoms with Crippen LogP contribution in [0.25, 0.3) is 0 Å². The number of carbonyl (C=O) groups is 2. The number of aromatic nitrogens is 1. The summed E-state index contributed by atoms with van der Waals surface area (Å²) < 4.78 is 30.9. The van der Waals surface area contributed by atoms with E-state index in [9.17, 15) is 18.0 Å². The number of ether oxygens (including phenoxy) is 1. The largest absolute Gasteiger partial charge is 0.454 e. The van der Waals surface area contributed by atoms with Crippen molar-refractivity contribution in [2.45, 2.75) is 25.3 Å². The van der Waals surface area contributed by atoms with Crippen LogP contribution in [0.4, 0.5) is 0 Å². The van der Waals surface area contributed by atoms with Crippen LogP contribution in [0.2, 0.25) is 0 Å². The van der Waals surface area contributed by atoms with Crippen molar-refractivity contribution in [3.05, 3.63) is 88.7 Å². The molecule has 2 aromatic carbocycles. The number of ketones is 1. The molecule has 0 aliphatic heterocycles. The number of esters is 1. The van der Waals surface area contributed by atoms with Crippen LogP contribution in [0.15, 0.2) is 65.6 Å². The molecule has 0 saturated carbocycles. The van der Waals surface area contributed by atoms with Crippen LogP contribution >= 0.6 is 0 Å². The van der Waals surface area contributed by atoms with Gasteiger partial charge in [0.25, 0.3) is 0 Å². The molecular formula is C23H23NO5S. The van der Waals surface area contributed by atoms with E-state index in [2.05, 4.69) is 0 Å². The van der Waals surface area contributed by atoms with Gasteiger partial charge in [0.15, 0.2) is 16.4 Å². The third-order valence-electron chi connectivity index (χ3n) is 4.90. The van der Waals surface area contributed by atoms with Crippen molar-refractivity contribution in [2.24, 2.45) is 0 Å². The summed E-state index contributed by atoms with van der Waals surface area (Å²) >= 11 is 0. The predicted octanol–water partition coefficient (Wildman–Crippen LogP) is 3.60. The van der Waals surface area contributed by atoms with Crippen LogP contribution in [0.5, 0.6) is 0 Å². The fourth-order valence-corrected chi connectivity index (χ4v) is 4.21. The summed E-state index contributed by atoms with van der Waals surface area (Å²) in [6.07, 6.45) is 1.02.